The lowest BCUT2D eigenvalue weighted by molar-refractivity contribution is 0.466. The third-order valence-corrected chi connectivity index (χ3v) is 2.22. The van der Waals surface area contributed by atoms with Gasteiger partial charge in [-0.25, -0.2) is 4.98 Å². The minimum Gasteiger partial charge on any atom is -0.506 e. The van der Waals surface area contributed by atoms with Gasteiger partial charge in [-0.3, -0.25) is 0 Å². The average molecular weight is 231 g/mol. The molecule has 0 fully saturated rings. The van der Waals surface area contributed by atoms with Gasteiger partial charge < -0.3 is 20.9 Å². The number of nitrogens with one attached hydrogen (secondary N) is 1. The normalized spacial score (nSPS) is 9.94. The molecule has 0 aliphatic rings. The smallest absolute Gasteiger partial charge is 0.138 e. The maximum absolute atomic E-state index is 9.29. The summed E-state index contributed by atoms with van der Waals surface area (Å²) in [6, 6.07) is 8.21. The summed E-state index contributed by atoms with van der Waals surface area (Å²) >= 11 is 0. The van der Waals surface area contributed by atoms with Crippen LogP contribution in [0.4, 0.5) is 11.5 Å². The molecule has 1 aromatic carbocycles. The first kappa shape index (κ1) is 11.1. The van der Waals surface area contributed by atoms with Gasteiger partial charge in [-0.15, -0.1) is 0 Å². The zero-order chi connectivity index (χ0) is 12.3. The highest BCUT2D eigenvalue weighted by Crippen LogP contribution is 2.28. The lowest BCUT2D eigenvalue weighted by Crippen LogP contribution is -1.93. The first-order valence-corrected chi connectivity index (χ1v) is 5.09. The van der Waals surface area contributed by atoms with Crippen LogP contribution in [0, 0.1) is 0 Å². The molecule has 17 heavy (non-hydrogen) atoms. The van der Waals surface area contributed by atoms with E-state index in [0.29, 0.717) is 17.3 Å². The Kier molecular flexibility index (Phi) is 3.00. The molecule has 5 nitrogen and oxygen atoms in total. The number of rotatable bonds is 3. The molecule has 2 rings (SSSR count). The number of hydrogen-bond donors (Lipinski definition) is 3. The van der Waals surface area contributed by atoms with Crippen LogP contribution < -0.4 is 15.8 Å². The number of aromatic hydroxyl groups is 1. The van der Waals surface area contributed by atoms with E-state index in [9.17, 15) is 5.11 Å². The Bertz CT molecular complexity index is 529. The number of benzene rings is 1. The molecule has 0 bridgehead atoms. The van der Waals surface area contributed by atoms with E-state index in [4.69, 9.17) is 10.5 Å². The Labute approximate surface area is 98.9 Å². The van der Waals surface area contributed by atoms with Crippen LogP contribution in [0.3, 0.4) is 0 Å². The summed E-state index contributed by atoms with van der Waals surface area (Å²) in [4.78, 5) is 4.08. The molecular weight excluding hydrogens is 218 g/mol. The maximum Gasteiger partial charge on any atom is 0.138 e. The quantitative estimate of drug-likeness (QED) is 0.557. The lowest BCUT2D eigenvalue weighted by Gasteiger charge is -2.08. The number of phenols is 1. The van der Waals surface area contributed by atoms with Gasteiger partial charge in [-0.05, 0) is 18.2 Å². The average Bonchev–Trinajstić information content (AvgIpc) is 2.34. The highest BCUT2D eigenvalue weighted by Gasteiger charge is 2.02. The molecule has 1 heterocycles. The van der Waals surface area contributed by atoms with Gasteiger partial charge in [0.2, 0.25) is 0 Å². The number of hydrogen-bond acceptors (Lipinski definition) is 5. The van der Waals surface area contributed by atoms with E-state index in [1.807, 2.05) is 0 Å². The monoisotopic (exact) mass is 231 g/mol. The minimum absolute atomic E-state index is 0.0444. The van der Waals surface area contributed by atoms with Crippen molar-refractivity contribution in [3.8, 4) is 17.2 Å². The Morgan fingerprint density at radius 3 is 2.71 bits per heavy atom. The van der Waals surface area contributed by atoms with Crippen LogP contribution in [0.1, 0.15) is 0 Å². The van der Waals surface area contributed by atoms with E-state index in [-0.39, 0.29) is 11.4 Å². The second-order valence-electron chi connectivity index (χ2n) is 3.45. The predicted molar refractivity (Wildman–Crippen MR) is 66.4 cm³/mol. The highest BCUT2D eigenvalue weighted by molar-refractivity contribution is 5.56. The number of aromatic nitrogens is 1. The van der Waals surface area contributed by atoms with E-state index < -0.39 is 0 Å². The Morgan fingerprint density at radius 2 is 2.00 bits per heavy atom. The Morgan fingerprint density at radius 1 is 1.24 bits per heavy atom. The molecule has 0 aliphatic carbocycles. The summed E-state index contributed by atoms with van der Waals surface area (Å²) in [5, 5.41) is 12.2. The minimum atomic E-state index is 0.0444. The first-order valence-electron chi connectivity index (χ1n) is 5.09. The number of phenolic OH excluding ortho intramolecular Hbond substituents is 1. The van der Waals surface area contributed by atoms with Gasteiger partial charge in [-0.2, -0.15) is 0 Å². The van der Waals surface area contributed by atoms with Crippen molar-refractivity contribution in [2.75, 3.05) is 18.1 Å². The van der Waals surface area contributed by atoms with Gasteiger partial charge in [-0.1, -0.05) is 0 Å². The number of anilines is 2. The molecule has 88 valence electrons. The predicted octanol–water partition coefficient (Wildman–Crippen LogP) is 2.20. The van der Waals surface area contributed by atoms with Gasteiger partial charge in [0.15, 0.2) is 0 Å². The van der Waals surface area contributed by atoms with Crippen molar-refractivity contribution in [1.82, 2.24) is 4.98 Å². The summed E-state index contributed by atoms with van der Waals surface area (Å²) in [5.41, 5.74) is 5.86. The zero-order valence-electron chi connectivity index (χ0n) is 9.34. The first-order chi connectivity index (χ1) is 8.19. The van der Waals surface area contributed by atoms with Crippen molar-refractivity contribution in [2.45, 2.75) is 0 Å². The summed E-state index contributed by atoms with van der Waals surface area (Å²) in [5.74, 6) is 1.97. The second-order valence-corrected chi connectivity index (χ2v) is 3.45. The van der Waals surface area contributed by atoms with Crippen LogP contribution in [0.2, 0.25) is 0 Å². The lowest BCUT2D eigenvalue weighted by atomic mass is 10.3. The van der Waals surface area contributed by atoms with Crippen LogP contribution in [0.25, 0.3) is 0 Å². The fraction of sp³-hybridized carbons (Fsp3) is 0.0833. The van der Waals surface area contributed by atoms with Gasteiger partial charge in [0.1, 0.15) is 23.1 Å². The van der Waals surface area contributed by atoms with Crippen molar-refractivity contribution >= 4 is 11.5 Å². The Balaban J connectivity index is 2.22. The molecule has 0 unspecified atom stereocenters. The van der Waals surface area contributed by atoms with E-state index in [2.05, 4.69) is 10.3 Å². The third-order valence-electron chi connectivity index (χ3n) is 2.22. The SMILES string of the molecule is CNc1cc(Oc2ccc(O)c(N)c2)ccn1. The third kappa shape index (κ3) is 2.57. The number of nitrogens with zero attached hydrogens (tertiary/aromatic N) is 1. The fourth-order valence-corrected chi connectivity index (χ4v) is 1.34. The van der Waals surface area contributed by atoms with E-state index in [1.54, 1.807) is 37.5 Å². The molecule has 2 aromatic rings. The van der Waals surface area contributed by atoms with E-state index in [0.717, 1.165) is 0 Å². The molecular formula is C12H13N3O2. The fourth-order valence-electron chi connectivity index (χ4n) is 1.34. The maximum atomic E-state index is 9.29. The van der Waals surface area contributed by atoms with E-state index in [1.165, 1.54) is 6.07 Å². The van der Waals surface area contributed by atoms with Crippen LogP contribution >= 0.6 is 0 Å². The van der Waals surface area contributed by atoms with Crippen LogP contribution in [0.5, 0.6) is 17.2 Å². The molecule has 0 radical (unpaired) electrons. The molecule has 0 aliphatic heterocycles. The van der Waals surface area contributed by atoms with Crippen LogP contribution in [-0.4, -0.2) is 17.1 Å². The van der Waals surface area contributed by atoms with Crippen molar-refractivity contribution in [3.63, 3.8) is 0 Å². The molecule has 0 saturated heterocycles. The summed E-state index contributed by atoms with van der Waals surface area (Å²) in [6.07, 6.45) is 1.64. The summed E-state index contributed by atoms with van der Waals surface area (Å²) < 4.78 is 5.59. The van der Waals surface area contributed by atoms with Crippen molar-refractivity contribution in [3.05, 3.63) is 36.5 Å². The number of ether oxygens (including phenoxy) is 1. The molecule has 0 saturated carbocycles. The Hall–Kier alpha value is -2.43. The molecule has 5 heteroatoms. The molecule has 4 N–H and O–H groups in total. The molecule has 0 amide bonds. The van der Waals surface area contributed by atoms with Crippen LogP contribution in [0.15, 0.2) is 36.5 Å². The molecule has 1 aromatic heterocycles. The number of nitrogen functional groups attached to an aromatic ring is 1. The van der Waals surface area contributed by atoms with Crippen molar-refractivity contribution in [2.24, 2.45) is 0 Å². The molecule has 0 atom stereocenters. The zero-order valence-corrected chi connectivity index (χ0v) is 9.34. The van der Waals surface area contributed by atoms with E-state index >= 15 is 0 Å². The standard InChI is InChI=1S/C12H13N3O2/c1-14-12-7-9(4-5-15-12)17-8-2-3-11(16)10(13)6-8/h2-7,16H,13H2,1H3,(H,14,15). The number of nitrogens with two attached hydrogens (primary N) is 1. The number of pyridine rings is 1. The van der Waals surface area contributed by atoms with Crippen molar-refractivity contribution < 1.29 is 9.84 Å². The topological polar surface area (TPSA) is 80.4 Å². The highest BCUT2D eigenvalue weighted by atomic mass is 16.5. The van der Waals surface area contributed by atoms with Gasteiger partial charge in [0, 0.05) is 25.4 Å². The van der Waals surface area contributed by atoms with Gasteiger partial charge in [0.25, 0.3) is 0 Å². The van der Waals surface area contributed by atoms with Gasteiger partial charge in [0.05, 0.1) is 5.69 Å². The summed E-state index contributed by atoms with van der Waals surface area (Å²) in [7, 11) is 1.78. The second kappa shape index (κ2) is 4.61. The summed E-state index contributed by atoms with van der Waals surface area (Å²) in [6.45, 7) is 0. The van der Waals surface area contributed by atoms with Crippen LogP contribution in [-0.2, 0) is 0 Å². The molecule has 0 spiro atoms. The largest absolute Gasteiger partial charge is 0.506 e. The van der Waals surface area contributed by atoms with Gasteiger partial charge >= 0.3 is 0 Å². The van der Waals surface area contributed by atoms with Crippen molar-refractivity contribution in [1.29, 1.82) is 0 Å².